The van der Waals surface area contributed by atoms with Crippen molar-refractivity contribution in [1.82, 2.24) is 9.88 Å². The summed E-state index contributed by atoms with van der Waals surface area (Å²) in [6, 6.07) is 4.67. The van der Waals surface area contributed by atoms with E-state index < -0.39 is 5.97 Å². The second-order valence-electron chi connectivity index (χ2n) is 5.02. The zero-order valence-corrected chi connectivity index (χ0v) is 13.4. The Bertz CT molecular complexity index is 668. The van der Waals surface area contributed by atoms with Gasteiger partial charge in [0.1, 0.15) is 5.01 Å². The highest BCUT2D eigenvalue weighted by molar-refractivity contribution is 7.13. The van der Waals surface area contributed by atoms with E-state index in [2.05, 4.69) is 11.9 Å². The number of unbranched alkanes of at least 4 members (excludes halogenated alkanes) is 1. The number of benzene rings is 1. The fraction of sp³-hybridized carbons (Fsp3) is 0.312. The van der Waals surface area contributed by atoms with Gasteiger partial charge in [0, 0.05) is 36.3 Å². The molecule has 5 nitrogen and oxygen atoms in total. The molecule has 0 spiro atoms. The van der Waals surface area contributed by atoms with E-state index in [4.69, 9.17) is 0 Å². The molecule has 0 aliphatic rings. The van der Waals surface area contributed by atoms with Gasteiger partial charge in [-0.2, -0.15) is 0 Å². The standard InChI is InChI=1S/C16H18N2O3S/c1-3-4-6-18(2)15(19)12-8-11(14-17-5-7-22-14)9-13(10-12)16(20)21/h5,7-10H,3-4,6H2,1-2H3,(H,20,21). The summed E-state index contributed by atoms with van der Waals surface area (Å²) >= 11 is 1.41. The summed E-state index contributed by atoms with van der Waals surface area (Å²) in [7, 11) is 1.73. The van der Waals surface area contributed by atoms with Crippen LogP contribution in [0.25, 0.3) is 10.6 Å². The van der Waals surface area contributed by atoms with Gasteiger partial charge in [-0.05, 0) is 24.6 Å². The first kappa shape index (κ1) is 16.2. The van der Waals surface area contributed by atoms with Crippen molar-refractivity contribution in [2.75, 3.05) is 13.6 Å². The van der Waals surface area contributed by atoms with Crippen LogP contribution in [0.1, 0.15) is 40.5 Å². The van der Waals surface area contributed by atoms with Crippen LogP contribution in [0.2, 0.25) is 0 Å². The van der Waals surface area contributed by atoms with Gasteiger partial charge in [-0.1, -0.05) is 13.3 Å². The van der Waals surface area contributed by atoms with Gasteiger partial charge >= 0.3 is 5.97 Å². The molecule has 0 atom stereocenters. The molecule has 0 fully saturated rings. The molecule has 0 unspecified atom stereocenters. The van der Waals surface area contributed by atoms with Crippen LogP contribution in [0.4, 0.5) is 0 Å². The molecule has 0 aliphatic heterocycles. The Balaban J connectivity index is 2.38. The number of carboxylic acids is 1. The third-order valence-electron chi connectivity index (χ3n) is 3.30. The third kappa shape index (κ3) is 3.71. The van der Waals surface area contributed by atoms with E-state index in [9.17, 15) is 14.7 Å². The second kappa shape index (κ2) is 7.17. The number of hydrogen-bond donors (Lipinski definition) is 1. The number of amides is 1. The van der Waals surface area contributed by atoms with Crippen molar-refractivity contribution in [1.29, 1.82) is 0 Å². The Morgan fingerprint density at radius 1 is 1.27 bits per heavy atom. The number of carboxylic acid groups (broad SMARTS) is 1. The number of hydrogen-bond acceptors (Lipinski definition) is 4. The quantitative estimate of drug-likeness (QED) is 0.886. The third-order valence-corrected chi connectivity index (χ3v) is 4.12. The Kier molecular flexibility index (Phi) is 5.27. The lowest BCUT2D eigenvalue weighted by molar-refractivity contribution is 0.0697. The first-order chi connectivity index (χ1) is 10.5. The Hall–Kier alpha value is -2.21. The van der Waals surface area contributed by atoms with Gasteiger partial charge in [0.25, 0.3) is 5.91 Å². The van der Waals surface area contributed by atoms with Crippen molar-refractivity contribution in [3.05, 3.63) is 40.9 Å². The zero-order chi connectivity index (χ0) is 16.1. The van der Waals surface area contributed by atoms with Crippen molar-refractivity contribution in [3.63, 3.8) is 0 Å². The Morgan fingerprint density at radius 3 is 2.59 bits per heavy atom. The summed E-state index contributed by atoms with van der Waals surface area (Å²) < 4.78 is 0. The molecule has 116 valence electrons. The molecular weight excluding hydrogens is 300 g/mol. The molecule has 1 N–H and O–H groups in total. The van der Waals surface area contributed by atoms with Gasteiger partial charge in [-0.15, -0.1) is 11.3 Å². The molecule has 2 rings (SSSR count). The molecule has 0 radical (unpaired) electrons. The lowest BCUT2D eigenvalue weighted by Gasteiger charge is -2.17. The fourth-order valence-electron chi connectivity index (χ4n) is 2.08. The van der Waals surface area contributed by atoms with E-state index in [1.807, 2.05) is 5.38 Å². The Morgan fingerprint density at radius 2 is 2.00 bits per heavy atom. The lowest BCUT2D eigenvalue weighted by Crippen LogP contribution is -2.27. The van der Waals surface area contributed by atoms with Crippen molar-refractivity contribution >= 4 is 23.2 Å². The topological polar surface area (TPSA) is 70.5 Å². The maximum atomic E-state index is 12.5. The number of aromatic carboxylic acids is 1. The minimum atomic E-state index is -1.05. The van der Waals surface area contributed by atoms with Crippen LogP contribution >= 0.6 is 11.3 Å². The van der Waals surface area contributed by atoms with E-state index in [1.165, 1.54) is 17.4 Å². The predicted molar refractivity (Wildman–Crippen MR) is 86.4 cm³/mol. The fourth-order valence-corrected chi connectivity index (χ4v) is 2.71. The summed E-state index contributed by atoms with van der Waals surface area (Å²) in [6.45, 7) is 2.71. The van der Waals surface area contributed by atoms with Crippen molar-refractivity contribution in [3.8, 4) is 10.6 Å². The highest BCUT2D eigenvalue weighted by Crippen LogP contribution is 2.25. The van der Waals surface area contributed by atoms with Gasteiger partial charge in [0.15, 0.2) is 0 Å². The van der Waals surface area contributed by atoms with Gasteiger partial charge in [-0.25, -0.2) is 9.78 Å². The van der Waals surface area contributed by atoms with E-state index in [-0.39, 0.29) is 11.5 Å². The number of thiazole rings is 1. The average Bonchev–Trinajstić information content (AvgIpc) is 3.05. The summed E-state index contributed by atoms with van der Waals surface area (Å²) in [4.78, 5) is 29.6. The summed E-state index contributed by atoms with van der Waals surface area (Å²) in [6.07, 6.45) is 3.57. The van der Waals surface area contributed by atoms with Crippen molar-refractivity contribution in [2.45, 2.75) is 19.8 Å². The normalized spacial score (nSPS) is 10.5. The summed E-state index contributed by atoms with van der Waals surface area (Å²) in [5.41, 5.74) is 1.13. The van der Waals surface area contributed by atoms with Crippen LogP contribution < -0.4 is 0 Å². The monoisotopic (exact) mass is 318 g/mol. The highest BCUT2D eigenvalue weighted by Gasteiger charge is 2.16. The molecule has 0 saturated heterocycles. The lowest BCUT2D eigenvalue weighted by atomic mass is 10.0. The molecule has 0 saturated carbocycles. The molecule has 2 aromatic rings. The molecule has 1 heterocycles. The van der Waals surface area contributed by atoms with Gasteiger partial charge < -0.3 is 10.0 Å². The maximum Gasteiger partial charge on any atom is 0.335 e. The summed E-state index contributed by atoms with van der Waals surface area (Å²) in [5.74, 6) is -1.22. The molecule has 1 amide bonds. The minimum absolute atomic E-state index is 0.0972. The zero-order valence-electron chi connectivity index (χ0n) is 12.6. The van der Waals surface area contributed by atoms with E-state index in [0.29, 0.717) is 22.7 Å². The van der Waals surface area contributed by atoms with E-state index >= 15 is 0 Å². The van der Waals surface area contributed by atoms with Crippen molar-refractivity contribution < 1.29 is 14.7 Å². The van der Waals surface area contributed by atoms with Crippen molar-refractivity contribution in [2.24, 2.45) is 0 Å². The van der Waals surface area contributed by atoms with Crippen LogP contribution in [0.15, 0.2) is 29.8 Å². The van der Waals surface area contributed by atoms with Gasteiger partial charge in [0.2, 0.25) is 0 Å². The molecule has 1 aromatic heterocycles. The second-order valence-corrected chi connectivity index (χ2v) is 5.92. The van der Waals surface area contributed by atoms with Gasteiger partial charge in [0.05, 0.1) is 5.56 Å². The Labute approximate surface area is 133 Å². The molecule has 0 aliphatic carbocycles. The van der Waals surface area contributed by atoms with Crippen LogP contribution in [0.3, 0.4) is 0 Å². The summed E-state index contributed by atoms with van der Waals surface area (Å²) in [5, 5.41) is 11.8. The molecular formula is C16H18N2O3S. The number of rotatable bonds is 6. The van der Waals surface area contributed by atoms with Crippen LogP contribution in [0, 0.1) is 0 Å². The SMILES string of the molecule is CCCCN(C)C(=O)c1cc(C(=O)O)cc(-c2nccs2)c1. The molecule has 6 heteroatoms. The maximum absolute atomic E-state index is 12.5. The number of nitrogens with zero attached hydrogens (tertiary/aromatic N) is 2. The van der Waals surface area contributed by atoms with E-state index in [1.54, 1.807) is 30.3 Å². The van der Waals surface area contributed by atoms with Gasteiger partial charge in [-0.3, -0.25) is 4.79 Å². The first-order valence-electron chi connectivity index (χ1n) is 7.06. The smallest absolute Gasteiger partial charge is 0.335 e. The first-order valence-corrected chi connectivity index (χ1v) is 7.94. The van der Waals surface area contributed by atoms with Crippen LogP contribution in [-0.2, 0) is 0 Å². The van der Waals surface area contributed by atoms with E-state index in [0.717, 1.165) is 12.8 Å². The number of aromatic nitrogens is 1. The van der Waals surface area contributed by atoms with Crippen LogP contribution in [-0.4, -0.2) is 40.5 Å². The number of carbonyl (C=O) groups excluding carboxylic acids is 1. The predicted octanol–water partition coefficient (Wildman–Crippen LogP) is 3.38. The molecule has 0 bridgehead atoms. The average molecular weight is 318 g/mol. The van der Waals surface area contributed by atoms with Crippen LogP contribution in [0.5, 0.6) is 0 Å². The molecule has 22 heavy (non-hydrogen) atoms. The minimum Gasteiger partial charge on any atom is -0.478 e. The highest BCUT2D eigenvalue weighted by atomic mass is 32.1. The number of carbonyl (C=O) groups is 2. The largest absolute Gasteiger partial charge is 0.478 e. The molecule has 1 aromatic carbocycles.